The lowest BCUT2D eigenvalue weighted by molar-refractivity contribution is 0.0690. The smallest absolute Gasteiger partial charge is 0.354 e. The molecule has 0 aliphatic heterocycles. The summed E-state index contributed by atoms with van der Waals surface area (Å²) in [6, 6.07) is 2.59. The van der Waals surface area contributed by atoms with Crippen molar-refractivity contribution in [1.82, 2.24) is 4.98 Å². The van der Waals surface area contributed by atoms with Crippen molar-refractivity contribution in [2.75, 3.05) is 0 Å². The van der Waals surface area contributed by atoms with Crippen molar-refractivity contribution in [3.63, 3.8) is 0 Å². The standard InChI is InChI=1S/C18H3Cl10NO2/c19-7-5(8(20)12(24)15(27)11(7)23)3-1-2-4(18(30)31)29-17(3)6-9(21)13(25)16(28)14(26)10(6)22/h1-2H,(H,30,31). The van der Waals surface area contributed by atoms with Gasteiger partial charge in [-0.3, -0.25) is 0 Å². The number of aromatic carboxylic acids is 1. The Bertz CT molecular complexity index is 1220. The van der Waals surface area contributed by atoms with Crippen LogP contribution >= 0.6 is 116 Å². The van der Waals surface area contributed by atoms with Gasteiger partial charge < -0.3 is 5.11 Å². The number of carboxylic acid groups (broad SMARTS) is 1. The van der Waals surface area contributed by atoms with Gasteiger partial charge in [0.15, 0.2) is 0 Å². The number of pyridine rings is 1. The van der Waals surface area contributed by atoms with Crippen LogP contribution in [0.25, 0.3) is 22.4 Å². The lowest BCUT2D eigenvalue weighted by Gasteiger charge is -2.18. The average molecular weight is 620 g/mol. The van der Waals surface area contributed by atoms with E-state index in [-0.39, 0.29) is 78.3 Å². The van der Waals surface area contributed by atoms with Gasteiger partial charge in [-0.2, -0.15) is 0 Å². The van der Waals surface area contributed by atoms with Crippen LogP contribution in [-0.4, -0.2) is 16.1 Å². The predicted molar refractivity (Wildman–Crippen MR) is 132 cm³/mol. The number of rotatable bonds is 3. The molecular weight excluding hydrogens is 617 g/mol. The van der Waals surface area contributed by atoms with Gasteiger partial charge in [0.05, 0.1) is 55.9 Å². The van der Waals surface area contributed by atoms with Crippen LogP contribution in [0.4, 0.5) is 0 Å². The zero-order valence-electron chi connectivity index (χ0n) is 14.2. The van der Waals surface area contributed by atoms with E-state index < -0.39 is 5.97 Å². The number of aromatic nitrogens is 1. The van der Waals surface area contributed by atoms with Crippen molar-refractivity contribution >= 4 is 122 Å². The highest BCUT2D eigenvalue weighted by Gasteiger charge is 2.28. The fraction of sp³-hybridized carbons (Fsp3) is 0. The van der Waals surface area contributed by atoms with Crippen molar-refractivity contribution in [2.45, 2.75) is 0 Å². The summed E-state index contributed by atoms with van der Waals surface area (Å²) in [5, 5.41) is 8.49. The number of carbonyl (C=O) groups is 1. The summed E-state index contributed by atoms with van der Waals surface area (Å²) in [6.07, 6.45) is 0. The first-order valence-electron chi connectivity index (χ1n) is 7.68. The molecule has 0 atom stereocenters. The highest BCUT2D eigenvalue weighted by atomic mass is 35.5. The second-order valence-electron chi connectivity index (χ2n) is 5.79. The van der Waals surface area contributed by atoms with E-state index in [0.29, 0.717) is 0 Å². The first-order valence-corrected chi connectivity index (χ1v) is 11.5. The first-order chi connectivity index (χ1) is 14.4. The summed E-state index contributed by atoms with van der Waals surface area (Å²) >= 11 is 62.4. The monoisotopic (exact) mass is 615 g/mol. The van der Waals surface area contributed by atoms with E-state index in [1.807, 2.05) is 0 Å². The summed E-state index contributed by atoms with van der Waals surface area (Å²) < 4.78 is 0. The minimum atomic E-state index is -1.32. The third-order valence-corrected chi connectivity index (χ3v) is 8.59. The van der Waals surface area contributed by atoms with E-state index in [4.69, 9.17) is 116 Å². The Balaban J connectivity index is 2.54. The van der Waals surface area contributed by atoms with Gasteiger partial charge in [-0.25, -0.2) is 9.78 Å². The molecule has 0 bridgehead atoms. The summed E-state index contributed by atoms with van der Waals surface area (Å²) in [5.74, 6) is -1.32. The van der Waals surface area contributed by atoms with E-state index >= 15 is 0 Å². The van der Waals surface area contributed by atoms with E-state index in [0.717, 1.165) is 0 Å². The molecule has 1 N–H and O–H groups in total. The molecule has 0 aliphatic rings. The molecule has 0 amide bonds. The molecule has 13 heteroatoms. The Labute approximate surface area is 225 Å². The second-order valence-corrected chi connectivity index (χ2v) is 9.57. The van der Waals surface area contributed by atoms with Gasteiger partial charge in [-0.05, 0) is 12.1 Å². The quantitative estimate of drug-likeness (QED) is 0.234. The molecule has 2 aromatic carbocycles. The maximum absolute atomic E-state index is 11.6. The molecule has 3 rings (SSSR count). The Kier molecular flexibility index (Phi) is 7.98. The summed E-state index contributed by atoms with van der Waals surface area (Å²) in [4.78, 5) is 15.7. The van der Waals surface area contributed by atoms with Gasteiger partial charge >= 0.3 is 5.97 Å². The topological polar surface area (TPSA) is 50.2 Å². The highest BCUT2D eigenvalue weighted by Crippen LogP contribution is 2.53. The molecule has 0 spiro atoms. The number of hydrogen-bond acceptors (Lipinski definition) is 2. The second kappa shape index (κ2) is 9.68. The van der Waals surface area contributed by atoms with Gasteiger partial charge in [0.1, 0.15) is 5.69 Å². The van der Waals surface area contributed by atoms with Crippen LogP contribution in [0, 0.1) is 0 Å². The van der Waals surface area contributed by atoms with Gasteiger partial charge in [-0.15, -0.1) is 0 Å². The van der Waals surface area contributed by atoms with Crippen molar-refractivity contribution < 1.29 is 9.90 Å². The SMILES string of the molecule is O=C(O)c1ccc(-c2c(Cl)c(Cl)c(Cl)c(Cl)c2Cl)c(-c2c(Cl)c(Cl)c(Cl)c(Cl)c2Cl)n1. The van der Waals surface area contributed by atoms with E-state index in [1.54, 1.807) is 0 Å². The largest absolute Gasteiger partial charge is 0.477 e. The molecule has 1 heterocycles. The lowest BCUT2D eigenvalue weighted by Crippen LogP contribution is -2.04. The van der Waals surface area contributed by atoms with Crippen LogP contribution < -0.4 is 0 Å². The third-order valence-electron chi connectivity index (χ3n) is 4.04. The number of halogens is 10. The number of hydrogen-bond donors (Lipinski definition) is 1. The van der Waals surface area contributed by atoms with Gasteiger partial charge in [0, 0.05) is 16.7 Å². The van der Waals surface area contributed by atoms with Crippen LogP contribution in [0.15, 0.2) is 12.1 Å². The molecule has 3 aromatic rings. The maximum Gasteiger partial charge on any atom is 0.354 e. The van der Waals surface area contributed by atoms with E-state index in [2.05, 4.69) is 4.98 Å². The Morgan fingerprint density at radius 3 is 1.32 bits per heavy atom. The zero-order chi connectivity index (χ0) is 23.4. The minimum Gasteiger partial charge on any atom is -0.477 e. The highest BCUT2D eigenvalue weighted by molar-refractivity contribution is 6.58. The van der Waals surface area contributed by atoms with E-state index in [9.17, 15) is 9.90 Å². The normalized spacial score (nSPS) is 11.2. The summed E-state index contributed by atoms with van der Waals surface area (Å²) in [7, 11) is 0. The van der Waals surface area contributed by atoms with E-state index in [1.165, 1.54) is 12.1 Å². The van der Waals surface area contributed by atoms with Crippen LogP contribution in [0.2, 0.25) is 50.2 Å². The number of nitrogens with zero attached hydrogens (tertiary/aromatic N) is 1. The summed E-state index contributed by atoms with van der Waals surface area (Å²) in [5.41, 5.74) is -0.120. The Hall–Kier alpha value is -0.0400. The van der Waals surface area contributed by atoms with Crippen LogP contribution in [0.1, 0.15) is 10.5 Å². The fourth-order valence-electron chi connectivity index (χ4n) is 2.62. The van der Waals surface area contributed by atoms with Gasteiger partial charge in [-0.1, -0.05) is 116 Å². The molecular formula is C18H3Cl10NO2. The van der Waals surface area contributed by atoms with Crippen LogP contribution in [0.3, 0.4) is 0 Å². The van der Waals surface area contributed by atoms with Crippen molar-refractivity contribution in [3.8, 4) is 22.4 Å². The molecule has 162 valence electrons. The molecule has 0 aliphatic carbocycles. The van der Waals surface area contributed by atoms with Crippen molar-refractivity contribution in [2.24, 2.45) is 0 Å². The molecule has 0 radical (unpaired) electrons. The molecule has 3 nitrogen and oxygen atoms in total. The number of carboxylic acids is 1. The zero-order valence-corrected chi connectivity index (χ0v) is 21.8. The molecule has 0 saturated heterocycles. The molecule has 0 fully saturated rings. The molecule has 0 unspecified atom stereocenters. The Morgan fingerprint density at radius 1 is 0.581 bits per heavy atom. The van der Waals surface area contributed by atoms with Crippen LogP contribution in [-0.2, 0) is 0 Å². The molecule has 31 heavy (non-hydrogen) atoms. The minimum absolute atomic E-state index is 0.00448. The number of benzene rings is 2. The first kappa shape index (κ1) is 25.6. The van der Waals surface area contributed by atoms with Gasteiger partial charge in [0.2, 0.25) is 0 Å². The predicted octanol–water partition coefficient (Wildman–Crippen LogP) is 10.6. The molecule has 1 aromatic heterocycles. The average Bonchev–Trinajstić information content (AvgIpc) is 2.74. The lowest BCUT2D eigenvalue weighted by atomic mass is 9.98. The van der Waals surface area contributed by atoms with Crippen molar-refractivity contribution in [1.29, 1.82) is 0 Å². The van der Waals surface area contributed by atoms with Gasteiger partial charge in [0.25, 0.3) is 0 Å². The van der Waals surface area contributed by atoms with Crippen molar-refractivity contribution in [3.05, 3.63) is 68.1 Å². The maximum atomic E-state index is 11.6. The van der Waals surface area contributed by atoms with Crippen LogP contribution in [0.5, 0.6) is 0 Å². The molecule has 0 saturated carbocycles. The fourth-order valence-corrected chi connectivity index (χ4v) is 5.28. The summed E-state index contributed by atoms with van der Waals surface area (Å²) in [6.45, 7) is 0. The third kappa shape index (κ3) is 4.40. The Morgan fingerprint density at radius 2 is 0.935 bits per heavy atom.